The summed E-state index contributed by atoms with van der Waals surface area (Å²) in [5.74, 6) is 0.304. The summed E-state index contributed by atoms with van der Waals surface area (Å²) in [5.41, 5.74) is 4.05. The number of hydrogen-bond donors (Lipinski definition) is 1. The van der Waals surface area contributed by atoms with Crippen LogP contribution >= 0.6 is 11.6 Å². The number of amides is 1. The maximum atomic E-state index is 11.9. The van der Waals surface area contributed by atoms with Crippen LogP contribution < -0.4 is 5.32 Å². The molecule has 1 heterocycles. The van der Waals surface area contributed by atoms with Crippen LogP contribution in [0, 0.1) is 5.92 Å². The van der Waals surface area contributed by atoms with E-state index in [0.29, 0.717) is 22.2 Å². The van der Waals surface area contributed by atoms with Gasteiger partial charge in [0.15, 0.2) is 5.58 Å². The molecule has 0 saturated heterocycles. The lowest BCUT2D eigenvalue weighted by Crippen LogP contribution is -2.17. The molecule has 1 aromatic heterocycles. The van der Waals surface area contributed by atoms with Gasteiger partial charge in [-0.05, 0) is 42.3 Å². The molecule has 0 aliphatic heterocycles. The minimum Gasteiger partial charge on any atom is -0.436 e. The molecule has 0 aliphatic carbocycles. The smallest absolute Gasteiger partial charge is 0.228 e. The van der Waals surface area contributed by atoms with Gasteiger partial charge in [-0.3, -0.25) is 4.79 Å². The van der Waals surface area contributed by atoms with E-state index in [1.54, 1.807) is 18.2 Å². The fraction of sp³-hybridized carbons (Fsp3) is 0.263. The summed E-state index contributed by atoms with van der Waals surface area (Å²) in [6.07, 6.45) is 0.940. The number of hydrogen-bond acceptors (Lipinski definition) is 3. The van der Waals surface area contributed by atoms with Crippen LogP contribution in [0.2, 0.25) is 5.02 Å². The van der Waals surface area contributed by atoms with Gasteiger partial charge in [-0.1, -0.05) is 38.4 Å². The molecule has 3 rings (SSSR count). The fourth-order valence-corrected chi connectivity index (χ4v) is 2.56. The van der Waals surface area contributed by atoms with Crippen molar-refractivity contribution in [1.82, 2.24) is 4.98 Å². The van der Waals surface area contributed by atoms with Gasteiger partial charge in [0.2, 0.25) is 11.8 Å². The molecule has 0 fully saturated rings. The number of fused-ring (bicyclic) bond motifs is 1. The molecule has 0 unspecified atom stereocenters. The third-order valence-corrected chi connectivity index (χ3v) is 4.18. The Morgan fingerprint density at radius 2 is 2.04 bits per heavy atom. The molecule has 1 N–H and O–H groups in total. The van der Waals surface area contributed by atoms with Gasteiger partial charge in [-0.15, -0.1) is 0 Å². The van der Waals surface area contributed by atoms with Crippen molar-refractivity contribution in [3.05, 3.63) is 47.0 Å². The van der Waals surface area contributed by atoms with Crippen LogP contribution in [0.1, 0.15) is 26.3 Å². The Bertz CT molecular complexity index is 900. The van der Waals surface area contributed by atoms with Crippen LogP contribution in [0.3, 0.4) is 0 Å². The van der Waals surface area contributed by atoms with E-state index in [9.17, 15) is 4.79 Å². The van der Waals surface area contributed by atoms with Crippen molar-refractivity contribution in [1.29, 1.82) is 0 Å². The molecule has 0 radical (unpaired) electrons. The second kappa shape index (κ2) is 6.65. The highest BCUT2D eigenvalue weighted by molar-refractivity contribution is 6.33. The second-order valence-corrected chi connectivity index (χ2v) is 6.42. The molecule has 0 bridgehead atoms. The highest BCUT2D eigenvalue weighted by Crippen LogP contribution is 2.32. The molecule has 0 aliphatic rings. The standard InChI is InChI=1S/C19H19ClN2O2/c1-4-12-5-8-17-16(9-12)22-19(24-17)14-10-13(6-7-15(14)20)21-18(23)11(2)3/h5-11H,4H2,1-3H3,(H,21,23). The number of rotatable bonds is 4. The summed E-state index contributed by atoms with van der Waals surface area (Å²) < 4.78 is 5.83. The van der Waals surface area contributed by atoms with Crippen LogP contribution in [0.25, 0.3) is 22.6 Å². The number of nitrogens with zero attached hydrogens (tertiary/aromatic N) is 1. The number of nitrogens with one attached hydrogen (secondary N) is 1. The topological polar surface area (TPSA) is 55.1 Å². The van der Waals surface area contributed by atoms with Crippen molar-refractivity contribution < 1.29 is 9.21 Å². The monoisotopic (exact) mass is 342 g/mol. The highest BCUT2D eigenvalue weighted by atomic mass is 35.5. The predicted octanol–water partition coefficient (Wildman–Crippen LogP) is 5.31. The van der Waals surface area contributed by atoms with E-state index in [2.05, 4.69) is 17.2 Å². The first-order chi connectivity index (χ1) is 11.5. The number of aromatic nitrogens is 1. The maximum Gasteiger partial charge on any atom is 0.228 e. The van der Waals surface area contributed by atoms with Crippen LogP contribution in [-0.2, 0) is 11.2 Å². The summed E-state index contributed by atoms with van der Waals surface area (Å²) in [6.45, 7) is 5.79. The lowest BCUT2D eigenvalue weighted by atomic mass is 10.1. The van der Waals surface area contributed by atoms with E-state index in [0.717, 1.165) is 17.5 Å². The molecule has 2 aromatic carbocycles. The van der Waals surface area contributed by atoms with Gasteiger partial charge in [0, 0.05) is 11.6 Å². The summed E-state index contributed by atoms with van der Waals surface area (Å²) in [4.78, 5) is 16.4. The number of carbonyl (C=O) groups is 1. The number of anilines is 1. The fourth-order valence-electron chi connectivity index (χ4n) is 2.36. The molecule has 24 heavy (non-hydrogen) atoms. The molecule has 0 spiro atoms. The minimum atomic E-state index is -0.0964. The third kappa shape index (κ3) is 3.29. The van der Waals surface area contributed by atoms with Crippen molar-refractivity contribution in [2.75, 3.05) is 5.32 Å². The highest BCUT2D eigenvalue weighted by Gasteiger charge is 2.14. The zero-order valence-electron chi connectivity index (χ0n) is 13.9. The van der Waals surface area contributed by atoms with Crippen molar-refractivity contribution in [3.63, 3.8) is 0 Å². The zero-order chi connectivity index (χ0) is 17.3. The Kier molecular flexibility index (Phi) is 4.58. The minimum absolute atomic E-state index is 0.0478. The quantitative estimate of drug-likeness (QED) is 0.699. The number of benzene rings is 2. The van der Waals surface area contributed by atoms with Gasteiger partial charge in [-0.25, -0.2) is 4.98 Å². The lowest BCUT2D eigenvalue weighted by molar-refractivity contribution is -0.118. The Labute approximate surface area is 145 Å². The molecule has 4 nitrogen and oxygen atoms in total. The van der Waals surface area contributed by atoms with Crippen LogP contribution in [0.5, 0.6) is 0 Å². The Morgan fingerprint density at radius 1 is 1.25 bits per heavy atom. The third-order valence-electron chi connectivity index (χ3n) is 3.85. The zero-order valence-corrected chi connectivity index (χ0v) is 14.6. The van der Waals surface area contributed by atoms with Gasteiger partial charge in [0.1, 0.15) is 5.52 Å². The van der Waals surface area contributed by atoms with Crippen molar-refractivity contribution in [2.24, 2.45) is 5.92 Å². The Morgan fingerprint density at radius 3 is 2.75 bits per heavy atom. The van der Waals surface area contributed by atoms with Crippen LogP contribution in [-0.4, -0.2) is 10.9 Å². The van der Waals surface area contributed by atoms with E-state index < -0.39 is 0 Å². The SMILES string of the molecule is CCc1ccc2oc(-c3cc(NC(=O)C(C)C)ccc3Cl)nc2c1. The van der Waals surface area contributed by atoms with Crippen molar-refractivity contribution in [3.8, 4) is 11.5 Å². The predicted molar refractivity (Wildman–Crippen MR) is 97.3 cm³/mol. The molecular formula is C19H19ClN2O2. The molecule has 3 aromatic rings. The summed E-state index contributed by atoms with van der Waals surface area (Å²) >= 11 is 6.30. The van der Waals surface area contributed by atoms with E-state index in [-0.39, 0.29) is 11.8 Å². The number of oxazole rings is 1. The normalized spacial score (nSPS) is 11.2. The number of halogens is 1. The molecule has 1 amide bonds. The first-order valence-corrected chi connectivity index (χ1v) is 8.36. The van der Waals surface area contributed by atoms with Crippen LogP contribution in [0.4, 0.5) is 5.69 Å². The molecule has 5 heteroatoms. The molecule has 124 valence electrons. The van der Waals surface area contributed by atoms with Crippen molar-refractivity contribution in [2.45, 2.75) is 27.2 Å². The van der Waals surface area contributed by atoms with E-state index >= 15 is 0 Å². The lowest BCUT2D eigenvalue weighted by Gasteiger charge is -2.09. The maximum absolute atomic E-state index is 11.9. The Balaban J connectivity index is 2.00. The van der Waals surface area contributed by atoms with Gasteiger partial charge in [0.25, 0.3) is 0 Å². The summed E-state index contributed by atoms with van der Waals surface area (Å²) in [7, 11) is 0. The van der Waals surface area contributed by atoms with Crippen LogP contribution in [0.15, 0.2) is 40.8 Å². The van der Waals surface area contributed by atoms with Gasteiger partial charge in [-0.2, -0.15) is 0 Å². The first-order valence-electron chi connectivity index (χ1n) is 7.98. The van der Waals surface area contributed by atoms with Gasteiger partial charge >= 0.3 is 0 Å². The van der Waals surface area contributed by atoms with Gasteiger partial charge in [0.05, 0.1) is 10.6 Å². The molecule has 0 atom stereocenters. The second-order valence-electron chi connectivity index (χ2n) is 6.01. The average Bonchev–Trinajstić information content (AvgIpc) is 2.99. The van der Waals surface area contributed by atoms with E-state index in [1.165, 1.54) is 5.56 Å². The largest absolute Gasteiger partial charge is 0.436 e. The summed E-state index contributed by atoms with van der Waals surface area (Å²) in [5, 5.41) is 3.39. The number of carbonyl (C=O) groups excluding carboxylic acids is 1. The summed E-state index contributed by atoms with van der Waals surface area (Å²) in [6, 6.07) is 11.2. The Hall–Kier alpha value is -2.33. The molecule has 0 saturated carbocycles. The first kappa shape index (κ1) is 16.5. The number of aryl methyl sites for hydroxylation is 1. The van der Waals surface area contributed by atoms with E-state index in [1.807, 2.05) is 32.0 Å². The van der Waals surface area contributed by atoms with Crippen molar-refractivity contribution >= 4 is 34.3 Å². The van der Waals surface area contributed by atoms with E-state index in [4.69, 9.17) is 16.0 Å². The molecular weight excluding hydrogens is 324 g/mol. The average molecular weight is 343 g/mol. The van der Waals surface area contributed by atoms with Gasteiger partial charge < -0.3 is 9.73 Å².